The molecule has 0 heterocycles. The van der Waals surface area contributed by atoms with E-state index in [1.54, 1.807) is 6.92 Å². The van der Waals surface area contributed by atoms with Gasteiger partial charge in [0.15, 0.2) is 0 Å². The van der Waals surface area contributed by atoms with Crippen molar-refractivity contribution < 1.29 is 9.59 Å². The Bertz CT molecular complexity index is 563. The lowest BCUT2D eigenvalue weighted by Gasteiger charge is -2.39. The van der Waals surface area contributed by atoms with Gasteiger partial charge in [0.2, 0.25) is 5.91 Å². The van der Waals surface area contributed by atoms with Gasteiger partial charge in [-0.05, 0) is 102 Å². The molecular formula is C25H44N2O2. The lowest BCUT2D eigenvalue weighted by molar-refractivity contribution is -0.129. The molecule has 0 saturated heterocycles. The van der Waals surface area contributed by atoms with Crippen LogP contribution in [-0.2, 0) is 9.59 Å². The summed E-state index contributed by atoms with van der Waals surface area (Å²) in [6.07, 6.45) is 12.8. The zero-order valence-electron chi connectivity index (χ0n) is 19.2. The monoisotopic (exact) mass is 404 g/mol. The van der Waals surface area contributed by atoms with Crippen LogP contribution in [0.4, 0.5) is 0 Å². The summed E-state index contributed by atoms with van der Waals surface area (Å²) in [6, 6.07) is 1.04. The van der Waals surface area contributed by atoms with Crippen LogP contribution >= 0.6 is 0 Å². The first-order valence-electron chi connectivity index (χ1n) is 12.3. The predicted octanol–water partition coefficient (Wildman–Crippen LogP) is 4.72. The third-order valence-electron chi connectivity index (χ3n) is 8.54. The van der Waals surface area contributed by atoms with Crippen molar-refractivity contribution in [3.63, 3.8) is 0 Å². The molecule has 29 heavy (non-hydrogen) atoms. The molecule has 1 amide bonds. The highest BCUT2D eigenvalue weighted by atomic mass is 16.2. The standard InChI is InChI=1S/C25H44N2O2/c1-16-12-19(8-10-23(16)26-4)14-20-9-11-24(17(2)13-20)27-25(29)22-7-5-6-21(15-22)18(3)28/h16-17,19-24,26H,5-15H2,1-4H3,(H,27,29). The van der Waals surface area contributed by atoms with E-state index in [4.69, 9.17) is 0 Å². The molecule has 3 aliphatic rings. The number of Topliss-reactive ketones (excluding diaryl/α,β-unsaturated/α-hetero) is 1. The van der Waals surface area contributed by atoms with Crippen molar-refractivity contribution in [3.8, 4) is 0 Å². The fraction of sp³-hybridized carbons (Fsp3) is 0.920. The number of ketones is 1. The molecule has 2 N–H and O–H groups in total. The molecule has 0 bridgehead atoms. The smallest absolute Gasteiger partial charge is 0.223 e. The fourth-order valence-electron chi connectivity index (χ4n) is 6.66. The third-order valence-corrected chi connectivity index (χ3v) is 8.54. The van der Waals surface area contributed by atoms with Crippen LogP contribution in [0.2, 0.25) is 0 Å². The van der Waals surface area contributed by atoms with Gasteiger partial charge in [0.25, 0.3) is 0 Å². The molecule has 0 aromatic heterocycles. The summed E-state index contributed by atoms with van der Waals surface area (Å²) < 4.78 is 0. The van der Waals surface area contributed by atoms with Gasteiger partial charge in [0, 0.05) is 23.9 Å². The van der Waals surface area contributed by atoms with Gasteiger partial charge in [0.05, 0.1) is 0 Å². The molecule has 3 aliphatic carbocycles. The zero-order chi connectivity index (χ0) is 21.0. The average Bonchev–Trinajstić information content (AvgIpc) is 2.70. The Morgan fingerprint density at radius 2 is 1.38 bits per heavy atom. The second-order valence-electron chi connectivity index (χ2n) is 10.7. The number of carbonyl (C=O) groups excluding carboxylic acids is 2. The number of amides is 1. The summed E-state index contributed by atoms with van der Waals surface area (Å²) >= 11 is 0. The SMILES string of the molecule is CNC1CCC(CC2CCC(NC(=O)C3CCCC(C(C)=O)C3)C(C)C2)CC1C. The maximum atomic E-state index is 12.8. The molecule has 3 saturated carbocycles. The van der Waals surface area contributed by atoms with E-state index in [0.717, 1.165) is 49.9 Å². The summed E-state index contributed by atoms with van der Waals surface area (Å²) in [5.74, 6) is 3.71. The van der Waals surface area contributed by atoms with E-state index in [-0.39, 0.29) is 23.5 Å². The Morgan fingerprint density at radius 1 is 0.793 bits per heavy atom. The minimum absolute atomic E-state index is 0.0476. The van der Waals surface area contributed by atoms with E-state index >= 15 is 0 Å². The second-order valence-corrected chi connectivity index (χ2v) is 10.7. The van der Waals surface area contributed by atoms with E-state index in [2.05, 4.69) is 31.5 Å². The number of hydrogen-bond donors (Lipinski definition) is 2. The van der Waals surface area contributed by atoms with E-state index in [0.29, 0.717) is 18.0 Å². The molecule has 4 heteroatoms. The lowest BCUT2D eigenvalue weighted by atomic mass is 9.70. The molecule has 0 aliphatic heterocycles. The first kappa shape index (κ1) is 22.8. The van der Waals surface area contributed by atoms with Gasteiger partial charge >= 0.3 is 0 Å². The molecule has 0 aromatic carbocycles. The highest BCUT2D eigenvalue weighted by molar-refractivity contribution is 5.82. The van der Waals surface area contributed by atoms with E-state index < -0.39 is 0 Å². The van der Waals surface area contributed by atoms with Crippen LogP contribution in [0.15, 0.2) is 0 Å². The lowest BCUT2D eigenvalue weighted by Crippen LogP contribution is -2.46. The van der Waals surface area contributed by atoms with Crippen LogP contribution in [0.25, 0.3) is 0 Å². The van der Waals surface area contributed by atoms with Crippen molar-refractivity contribution in [3.05, 3.63) is 0 Å². The highest BCUT2D eigenvalue weighted by Crippen LogP contribution is 2.39. The minimum Gasteiger partial charge on any atom is -0.353 e. The summed E-state index contributed by atoms with van der Waals surface area (Å²) in [5, 5.41) is 6.87. The fourth-order valence-corrected chi connectivity index (χ4v) is 6.66. The van der Waals surface area contributed by atoms with Crippen molar-refractivity contribution in [1.29, 1.82) is 0 Å². The maximum Gasteiger partial charge on any atom is 0.223 e. The second kappa shape index (κ2) is 10.4. The van der Waals surface area contributed by atoms with Gasteiger partial charge < -0.3 is 10.6 Å². The number of nitrogens with one attached hydrogen (secondary N) is 2. The minimum atomic E-state index is 0.0476. The molecule has 4 nitrogen and oxygen atoms in total. The first-order valence-corrected chi connectivity index (χ1v) is 12.3. The quantitative estimate of drug-likeness (QED) is 0.673. The molecule has 3 fully saturated rings. The van der Waals surface area contributed by atoms with Gasteiger partial charge in [-0.25, -0.2) is 0 Å². The normalized spacial score (nSPS) is 41.0. The van der Waals surface area contributed by atoms with E-state index in [1.807, 2.05) is 0 Å². The molecule has 0 radical (unpaired) electrons. The largest absolute Gasteiger partial charge is 0.353 e. The summed E-state index contributed by atoms with van der Waals surface area (Å²) in [6.45, 7) is 6.42. The van der Waals surface area contributed by atoms with Crippen molar-refractivity contribution in [1.82, 2.24) is 10.6 Å². The van der Waals surface area contributed by atoms with Crippen molar-refractivity contribution in [2.75, 3.05) is 7.05 Å². The molecular weight excluding hydrogens is 360 g/mol. The highest BCUT2D eigenvalue weighted by Gasteiger charge is 2.35. The van der Waals surface area contributed by atoms with Crippen LogP contribution in [0.5, 0.6) is 0 Å². The van der Waals surface area contributed by atoms with Crippen LogP contribution in [-0.4, -0.2) is 30.8 Å². The van der Waals surface area contributed by atoms with Crippen molar-refractivity contribution in [2.45, 2.75) is 103 Å². The van der Waals surface area contributed by atoms with Gasteiger partial charge in [-0.1, -0.05) is 20.3 Å². The van der Waals surface area contributed by atoms with Crippen molar-refractivity contribution >= 4 is 11.7 Å². The van der Waals surface area contributed by atoms with E-state index in [1.165, 1.54) is 38.5 Å². The molecule has 8 unspecified atom stereocenters. The van der Waals surface area contributed by atoms with Crippen molar-refractivity contribution in [2.24, 2.45) is 35.5 Å². The van der Waals surface area contributed by atoms with Crippen LogP contribution in [0.3, 0.4) is 0 Å². The van der Waals surface area contributed by atoms with Gasteiger partial charge in [-0.2, -0.15) is 0 Å². The maximum absolute atomic E-state index is 12.8. The molecule has 0 aromatic rings. The van der Waals surface area contributed by atoms with Crippen LogP contribution in [0.1, 0.15) is 91.4 Å². The number of carbonyl (C=O) groups is 2. The molecule has 166 valence electrons. The first-order chi connectivity index (χ1) is 13.9. The molecule has 8 atom stereocenters. The zero-order valence-corrected chi connectivity index (χ0v) is 19.2. The molecule has 0 spiro atoms. The van der Waals surface area contributed by atoms with Gasteiger partial charge in [-0.3, -0.25) is 9.59 Å². The van der Waals surface area contributed by atoms with Gasteiger partial charge in [0.1, 0.15) is 5.78 Å². The number of rotatable bonds is 6. The Labute approximate surface area is 178 Å². The Kier molecular flexibility index (Phi) is 8.18. The Morgan fingerprint density at radius 3 is 1.93 bits per heavy atom. The summed E-state index contributed by atoms with van der Waals surface area (Å²) in [5.41, 5.74) is 0. The predicted molar refractivity (Wildman–Crippen MR) is 119 cm³/mol. The summed E-state index contributed by atoms with van der Waals surface area (Å²) in [4.78, 5) is 24.6. The summed E-state index contributed by atoms with van der Waals surface area (Å²) in [7, 11) is 2.10. The average molecular weight is 405 g/mol. The van der Waals surface area contributed by atoms with Crippen LogP contribution in [0, 0.1) is 35.5 Å². The third kappa shape index (κ3) is 6.06. The van der Waals surface area contributed by atoms with E-state index in [9.17, 15) is 9.59 Å². The molecule has 3 rings (SSSR count). The number of hydrogen-bond acceptors (Lipinski definition) is 3. The van der Waals surface area contributed by atoms with Gasteiger partial charge in [-0.15, -0.1) is 0 Å². The van der Waals surface area contributed by atoms with Crippen LogP contribution < -0.4 is 10.6 Å². The Balaban J connectivity index is 1.43. The Hall–Kier alpha value is -0.900. The topological polar surface area (TPSA) is 58.2 Å².